The first-order valence-electron chi connectivity index (χ1n) is 4.81. The number of hydrogen-bond acceptors (Lipinski definition) is 3. The summed E-state index contributed by atoms with van der Waals surface area (Å²) < 4.78 is 1.64. The Balaban J connectivity index is 2.48. The van der Waals surface area contributed by atoms with Crippen molar-refractivity contribution >= 4 is 18.6 Å². The van der Waals surface area contributed by atoms with Crippen LogP contribution in [-0.2, 0) is 5.41 Å². The zero-order chi connectivity index (χ0) is 10.9. The number of nitrogens with zero attached hydrogens (tertiary/aromatic N) is 4. The van der Waals surface area contributed by atoms with Crippen LogP contribution in [-0.4, -0.2) is 20.0 Å². The Labute approximate surface area is 93.7 Å². The topological polar surface area (TPSA) is 43.6 Å². The second kappa shape index (κ2) is 4.11. The molecule has 0 bridgehead atoms. The van der Waals surface area contributed by atoms with Crippen molar-refractivity contribution in [2.24, 2.45) is 0 Å². The van der Waals surface area contributed by atoms with E-state index in [0.29, 0.717) is 0 Å². The lowest BCUT2D eigenvalue weighted by Gasteiger charge is -2.19. The van der Waals surface area contributed by atoms with E-state index in [9.17, 15) is 0 Å². The summed E-state index contributed by atoms with van der Waals surface area (Å²) in [6.45, 7) is 2.12. The standard InChI is InChI=1S/C9H14N4P2/c1-9(8-10-11-12-13(8)15)5-3-2-4-7(14)6-9/h3,5-6H,2,4,14-15H2,1H3. The van der Waals surface area contributed by atoms with E-state index < -0.39 is 0 Å². The number of aromatic nitrogens is 4. The fourth-order valence-electron chi connectivity index (χ4n) is 1.77. The maximum absolute atomic E-state index is 4.06. The van der Waals surface area contributed by atoms with Crippen LogP contribution in [0.5, 0.6) is 0 Å². The molecule has 0 spiro atoms. The summed E-state index contributed by atoms with van der Waals surface area (Å²) >= 11 is 0. The smallest absolute Gasteiger partial charge is 0.167 e. The highest BCUT2D eigenvalue weighted by atomic mass is 31.0. The van der Waals surface area contributed by atoms with Crippen LogP contribution >= 0.6 is 18.6 Å². The molecule has 15 heavy (non-hydrogen) atoms. The van der Waals surface area contributed by atoms with E-state index in [1.54, 1.807) is 4.45 Å². The predicted octanol–water partition coefficient (Wildman–Crippen LogP) is 1.68. The molecule has 0 radical (unpaired) electrons. The third-order valence-corrected chi connectivity index (χ3v) is 3.33. The van der Waals surface area contributed by atoms with Gasteiger partial charge in [-0.25, -0.2) is 4.45 Å². The molecule has 0 aliphatic heterocycles. The Bertz CT molecular complexity index is 424. The molecule has 0 N–H and O–H groups in total. The summed E-state index contributed by atoms with van der Waals surface area (Å²) in [7, 11) is 5.28. The average molecular weight is 240 g/mol. The first kappa shape index (κ1) is 10.9. The van der Waals surface area contributed by atoms with Gasteiger partial charge in [0.2, 0.25) is 0 Å². The highest BCUT2D eigenvalue weighted by Gasteiger charge is 2.28. The second-order valence-electron chi connectivity index (χ2n) is 3.89. The van der Waals surface area contributed by atoms with Crippen LogP contribution in [0, 0.1) is 0 Å². The first-order chi connectivity index (χ1) is 7.12. The molecule has 0 saturated heterocycles. The van der Waals surface area contributed by atoms with Crippen molar-refractivity contribution in [2.45, 2.75) is 25.2 Å². The number of rotatable bonds is 1. The van der Waals surface area contributed by atoms with Crippen molar-refractivity contribution in [2.75, 3.05) is 0 Å². The van der Waals surface area contributed by atoms with E-state index in [-0.39, 0.29) is 5.41 Å². The number of allylic oxidation sites excluding steroid dienone is 4. The van der Waals surface area contributed by atoms with Crippen LogP contribution in [0.4, 0.5) is 0 Å². The Morgan fingerprint density at radius 3 is 3.00 bits per heavy atom. The lowest BCUT2D eigenvalue weighted by atomic mass is 9.89. The van der Waals surface area contributed by atoms with E-state index >= 15 is 0 Å². The van der Waals surface area contributed by atoms with Gasteiger partial charge in [-0.2, -0.15) is 0 Å². The molecule has 4 nitrogen and oxygen atoms in total. The molecule has 6 heteroatoms. The van der Waals surface area contributed by atoms with Crippen molar-refractivity contribution in [3.8, 4) is 0 Å². The normalized spacial score (nSPS) is 26.2. The third kappa shape index (κ3) is 2.16. The molecule has 1 aromatic heterocycles. The van der Waals surface area contributed by atoms with Gasteiger partial charge in [0.15, 0.2) is 5.82 Å². The SMILES string of the molecule is CC1(c2nnnn2P)C=CCCC(P)=C1. The molecule has 80 valence electrons. The Morgan fingerprint density at radius 2 is 2.33 bits per heavy atom. The Hall–Kier alpha value is -0.590. The molecule has 2 rings (SSSR count). The molecular weight excluding hydrogens is 226 g/mol. The monoisotopic (exact) mass is 240 g/mol. The van der Waals surface area contributed by atoms with Gasteiger partial charge in [0.25, 0.3) is 0 Å². The number of hydrogen-bond donors (Lipinski definition) is 0. The van der Waals surface area contributed by atoms with Crippen LogP contribution < -0.4 is 0 Å². The minimum Gasteiger partial charge on any atom is -0.214 e. The van der Waals surface area contributed by atoms with Crippen LogP contribution in [0.1, 0.15) is 25.6 Å². The summed E-state index contributed by atoms with van der Waals surface area (Å²) in [4.78, 5) is 0. The van der Waals surface area contributed by atoms with Gasteiger partial charge >= 0.3 is 0 Å². The highest BCUT2D eigenvalue weighted by molar-refractivity contribution is 7.22. The second-order valence-corrected chi connectivity index (χ2v) is 5.12. The van der Waals surface area contributed by atoms with Gasteiger partial charge in [-0.1, -0.05) is 23.5 Å². The predicted molar refractivity (Wildman–Crippen MR) is 66.4 cm³/mol. The molecule has 1 heterocycles. The van der Waals surface area contributed by atoms with Gasteiger partial charge in [0.05, 0.1) is 5.41 Å². The van der Waals surface area contributed by atoms with Gasteiger partial charge in [0, 0.05) is 0 Å². The molecule has 0 amide bonds. The van der Waals surface area contributed by atoms with E-state index in [0.717, 1.165) is 18.7 Å². The summed E-state index contributed by atoms with van der Waals surface area (Å²) in [5.41, 5.74) is -0.209. The maximum Gasteiger partial charge on any atom is 0.167 e. The van der Waals surface area contributed by atoms with E-state index in [1.165, 1.54) is 5.31 Å². The molecule has 1 aliphatic carbocycles. The van der Waals surface area contributed by atoms with Crippen LogP contribution in [0.3, 0.4) is 0 Å². The van der Waals surface area contributed by atoms with Gasteiger partial charge in [0.1, 0.15) is 0 Å². The van der Waals surface area contributed by atoms with E-state index in [2.05, 4.69) is 59.3 Å². The van der Waals surface area contributed by atoms with E-state index in [1.807, 2.05) is 0 Å². The van der Waals surface area contributed by atoms with Gasteiger partial charge < -0.3 is 0 Å². The Kier molecular flexibility index (Phi) is 2.99. The lowest BCUT2D eigenvalue weighted by Crippen LogP contribution is -2.19. The minimum atomic E-state index is -0.209. The average Bonchev–Trinajstić information content (AvgIpc) is 2.52. The number of tetrazole rings is 1. The molecule has 1 aliphatic rings. The zero-order valence-corrected chi connectivity index (χ0v) is 10.9. The highest BCUT2D eigenvalue weighted by Crippen LogP contribution is 2.32. The molecule has 3 atom stereocenters. The van der Waals surface area contributed by atoms with Crippen LogP contribution in [0.2, 0.25) is 0 Å². The zero-order valence-electron chi connectivity index (χ0n) is 8.59. The largest absolute Gasteiger partial charge is 0.214 e. The molecule has 0 aromatic carbocycles. The maximum atomic E-state index is 4.06. The molecule has 0 saturated carbocycles. The molecule has 3 unspecified atom stereocenters. The minimum absolute atomic E-state index is 0.209. The Morgan fingerprint density at radius 1 is 1.53 bits per heavy atom. The van der Waals surface area contributed by atoms with Crippen molar-refractivity contribution in [1.29, 1.82) is 0 Å². The molecule has 1 aromatic rings. The van der Waals surface area contributed by atoms with Crippen molar-refractivity contribution in [3.05, 3.63) is 29.4 Å². The fourth-order valence-corrected chi connectivity index (χ4v) is 2.66. The molecule has 0 fully saturated rings. The van der Waals surface area contributed by atoms with Gasteiger partial charge in [-0.15, -0.1) is 14.3 Å². The van der Waals surface area contributed by atoms with Crippen LogP contribution in [0.25, 0.3) is 0 Å². The lowest BCUT2D eigenvalue weighted by molar-refractivity contribution is 0.675. The van der Waals surface area contributed by atoms with Crippen LogP contribution in [0.15, 0.2) is 23.5 Å². The van der Waals surface area contributed by atoms with Crippen molar-refractivity contribution in [1.82, 2.24) is 20.0 Å². The summed E-state index contributed by atoms with van der Waals surface area (Å²) in [5, 5.41) is 12.9. The third-order valence-electron chi connectivity index (χ3n) is 2.52. The summed E-state index contributed by atoms with van der Waals surface area (Å²) in [6, 6.07) is 0. The van der Waals surface area contributed by atoms with Crippen molar-refractivity contribution < 1.29 is 0 Å². The van der Waals surface area contributed by atoms with Gasteiger partial charge in [-0.05, 0) is 39.6 Å². The van der Waals surface area contributed by atoms with Gasteiger partial charge in [-0.3, -0.25) is 0 Å². The summed E-state index contributed by atoms with van der Waals surface area (Å²) in [5.74, 6) is 0.839. The molecular formula is C9H14N4P2. The van der Waals surface area contributed by atoms with E-state index in [4.69, 9.17) is 0 Å². The van der Waals surface area contributed by atoms with Crippen molar-refractivity contribution in [3.63, 3.8) is 0 Å². The first-order valence-corrected chi connectivity index (χ1v) is 5.90. The quantitative estimate of drug-likeness (QED) is 0.554. The fraction of sp³-hybridized carbons (Fsp3) is 0.444. The summed E-state index contributed by atoms with van der Waals surface area (Å²) in [6.07, 6.45) is 8.70.